The predicted molar refractivity (Wildman–Crippen MR) is 134 cm³/mol. The highest BCUT2D eigenvalue weighted by atomic mass is 28.3. The molecule has 2 N–H and O–H groups in total. The van der Waals surface area contributed by atoms with Gasteiger partial charge < -0.3 is 15.2 Å². The number of aromatic nitrogens is 3. The average molecular weight is 456 g/mol. The van der Waals surface area contributed by atoms with Gasteiger partial charge in [0.2, 0.25) is 0 Å². The number of fused-ring (bicyclic) bond motifs is 3. The van der Waals surface area contributed by atoms with Crippen LogP contribution in [0, 0.1) is 0 Å². The number of rotatable bonds is 9. The lowest BCUT2D eigenvalue weighted by molar-refractivity contribution is 0.0925. The van der Waals surface area contributed by atoms with Crippen molar-refractivity contribution in [3.8, 4) is 5.75 Å². The molecular formula is C24H37N5O2Si. The Labute approximate surface area is 191 Å². The van der Waals surface area contributed by atoms with Crippen molar-refractivity contribution in [1.82, 2.24) is 19.4 Å². The van der Waals surface area contributed by atoms with E-state index >= 15 is 0 Å². The minimum Gasteiger partial charge on any atom is -0.491 e. The van der Waals surface area contributed by atoms with E-state index in [-0.39, 0.29) is 0 Å². The monoisotopic (exact) mass is 455 g/mol. The molecule has 4 rings (SSSR count). The first-order chi connectivity index (χ1) is 15.4. The number of nitrogens with zero attached hydrogens (tertiary/aromatic N) is 4. The molecule has 32 heavy (non-hydrogen) atoms. The highest BCUT2D eigenvalue weighted by Gasteiger charge is 2.23. The molecule has 0 amide bonds. The summed E-state index contributed by atoms with van der Waals surface area (Å²) in [4.78, 5) is 11.6. The number of nitrogen functional groups attached to an aromatic ring is 1. The molecule has 0 spiro atoms. The van der Waals surface area contributed by atoms with Crippen molar-refractivity contribution in [2.75, 3.05) is 32.0 Å². The summed E-state index contributed by atoms with van der Waals surface area (Å²) in [5.41, 5.74) is 7.88. The number of piperidine rings is 1. The molecule has 0 aromatic carbocycles. The van der Waals surface area contributed by atoms with Crippen molar-refractivity contribution < 1.29 is 9.47 Å². The predicted octanol–water partition coefficient (Wildman–Crippen LogP) is 4.73. The molecule has 1 saturated heterocycles. The molecule has 3 aromatic heterocycles. The van der Waals surface area contributed by atoms with Gasteiger partial charge in [0.25, 0.3) is 0 Å². The topological polar surface area (TPSA) is 78.4 Å². The van der Waals surface area contributed by atoms with Crippen LogP contribution in [0.15, 0.2) is 24.5 Å². The van der Waals surface area contributed by atoms with Gasteiger partial charge in [-0.05, 0) is 44.1 Å². The Kier molecular flexibility index (Phi) is 7.02. The summed E-state index contributed by atoms with van der Waals surface area (Å²) in [6.07, 6.45) is 7.38. The van der Waals surface area contributed by atoms with Gasteiger partial charge >= 0.3 is 0 Å². The maximum atomic E-state index is 6.43. The molecule has 1 unspecified atom stereocenters. The van der Waals surface area contributed by atoms with E-state index < -0.39 is 8.07 Å². The van der Waals surface area contributed by atoms with E-state index in [1.54, 1.807) is 0 Å². The van der Waals surface area contributed by atoms with Crippen molar-refractivity contribution in [3.05, 3.63) is 24.5 Å². The first-order valence-corrected chi connectivity index (χ1v) is 15.5. The lowest BCUT2D eigenvalue weighted by Gasteiger charge is -2.34. The number of hydrogen-bond donors (Lipinski definition) is 1. The van der Waals surface area contributed by atoms with Crippen LogP contribution in [0.1, 0.15) is 26.2 Å². The molecule has 4 heterocycles. The number of likely N-dealkylation sites (N-methyl/N-ethyl adjacent to an activating group) is 1. The second-order valence-electron chi connectivity index (χ2n) is 10.00. The Hall–Kier alpha value is -2.16. The molecule has 0 bridgehead atoms. The summed E-state index contributed by atoms with van der Waals surface area (Å²) in [6, 6.07) is 5.48. The maximum Gasteiger partial charge on any atom is 0.146 e. The normalized spacial score (nSPS) is 17.9. The van der Waals surface area contributed by atoms with Crippen LogP contribution in [0.4, 0.5) is 5.82 Å². The van der Waals surface area contributed by atoms with Crippen LogP contribution >= 0.6 is 0 Å². The van der Waals surface area contributed by atoms with Crippen molar-refractivity contribution in [3.63, 3.8) is 0 Å². The number of likely N-dealkylation sites (tertiary alicyclic amines) is 1. The van der Waals surface area contributed by atoms with Crippen LogP contribution in [-0.2, 0) is 11.5 Å². The molecule has 0 radical (unpaired) electrons. The van der Waals surface area contributed by atoms with Gasteiger partial charge in [0.1, 0.15) is 30.6 Å². The fourth-order valence-corrected chi connectivity index (χ4v) is 5.28. The zero-order valence-corrected chi connectivity index (χ0v) is 20.9. The Balaban J connectivity index is 1.63. The van der Waals surface area contributed by atoms with Gasteiger partial charge in [-0.2, -0.15) is 0 Å². The molecule has 7 nitrogen and oxygen atoms in total. The third kappa shape index (κ3) is 5.08. The van der Waals surface area contributed by atoms with Crippen LogP contribution in [0.25, 0.3) is 21.9 Å². The van der Waals surface area contributed by atoms with Crippen LogP contribution in [0.3, 0.4) is 0 Å². The van der Waals surface area contributed by atoms with E-state index in [1.165, 1.54) is 19.3 Å². The largest absolute Gasteiger partial charge is 0.491 e. The Morgan fingerprint density at radius 1 is 1.22 bits per heavy atom. The Morgan fingerprint density at radius 2 is 2.06 bits per heavy atom. The van der Waals surface area contributed by atoms with Gasteiger partial charge in [0.15, 0.2) is 0 Å². The molecule has 3 aromatic rings. The van der Waals surface area contributed by atoms with Crippen LogP contribution in [-0.4, -0.2) is 59.9 Å². The lowest BCUT2D eigenvalue weighted by atomic mass is 10.0. The Bertz CT molecular complexity index is 1060. The van der Waals surface area contributed by atoms with E-state index in [1.807, 2.05) is 24.5 Å². The molecular weight excluding hydrogens is 418 g/mol. The van der Waals surface area contributed by atoms with E-state index in [4.69, 9.17) is 20.2 Å². The number of hydrogen-bond acceptors (Lipinski definition) is 6. The molecule has 1 aliphatic heterocycles. The zero-order chi connectivity index (χ0) is 22.7. The Morgan fingerprint density at radius 3 is 2.84 bits per heavy atom. The van der Waals surface area contributed by atoms with Gasteiger partial charge in [0.05, 0.1) is 17.1 Å². The van der Waals surface area contributed by atoms with E-state index in [9.17, 15) is 0 Å². The summed E-state index contributed by atoms with van der Waals surface area (Å²) in [7, 11) is -1.14. The van der Waals surface area contributed by atoms with Crippen molar-refractivity contribution in [2.45, 2.75) is 64.6 Å². The average Bonchev–Trinajstić information content (AvgIpc) is 3.08. The molecule has 1 atom stereocenters. The molecule has 1 aliphatic rings. The van der Waals surface area contributed by atoms with Crippen molar-refractivity contribution in [2.24, 2.45) is 0 Å². The molecule has 174 valence electrons. The quantitative estimate of drug-likeness (QED) is 0.371. The summed E-state index contributed by atoms with van der Waals surface area (Å²) in [5.74, 6) is 1.35. The number of pyridine rings is 2. The maximum absolute atomic E-state index is 6.43. The van der Waals surface area contributed by atoms with Crippen molar-refractivity contribution >= 4 is 35.8 Å². The minimum atomic E-state index is -1.14. The van der Waals surface area contributed by atoms with Crippen LogP contribution < -0.4 is 10.5 Å². The summed E-state index contributed by atoms with van der Waals surface area (Å²) in [5, 5.41) is 2.00. The SMILES string of the molecule is CCN1CCCCC1COc1ccnc2c1c1cc(N)ncc1n2COCC[Si](C)(C)C. The zero-order valence-electron chi connectivity index (χ0n) is 19.9. The summed E-state index contributed by atoms with van der Waals surface area (Å²) < 4.78 is 14.6. The molecule has 0 saturated carbocycles. The fourth-order valence-electron chi connectivity index (χ4n) is 4.52. The minimum absolute atomic E-state index is 0.443. The number of anilines is 1. The van der Waals surface area contributed by atoms with Crippen molar-refractivity contribution in [1.29, 1.82) is 0 Å². The van der Waals surface area contributed by atoms with E-state index in [0.29, 0.717) is 25.2 Å². The molecule has 8 heteroatoms. The number of ether oxygens (including phenoxy) is 2. The standard InChI is InChI=1S/C24H37N5O2Si/c1-5-28-11-7-6-8-18(28)16-31-21-9-10-26-24-23(21)19-14-22(25)27-15-20(19)29(24)17-30-12-13-32(2,3)4/h9-10,14-15,18H,5-8,11-13,16-17H2,1-4H3,(H2,25,27). The third-order valence-corrected chi connectivity index (χ3v) is 8.12. The smallest absolute Gasteiger partial charge is 0.146 e. The second-order valence-corrected chi connectivity index (χ2v) is 15.6. The molecule has 1 fully saturated rings. The third-order valence-electron chi connectivity index (χ3n) is 6.42. The van der Waals surface area contributed by atoms with Crippen LogP contribution in [0.5, 0.6) is 5.75 Å². The fraction of sp³-hybridized carbons (Fsp3) is 0.583. The summed E-state index contributed by atoms with van der Waals surface area (Å²) >= 11 is 0. The van der Waals surface area contributed by atoms with E-state index in [0.717, 1.165) is 53.4 Å². The van der Waals surface area contributed by atoms with Gasteiger partial charge in [-0.15, -0.1) is 0 Å². The summed E-state index contributed by atoms with van der Waals surface area (Å²) in [6.45, 7) is 13.4. The highest BCUT2D eigenvalue weighted by molar-refractivity contribution is 6.76. The van der Waals surface area contributed by atoms with Crippen LogP contribution in [0.2, 0.25) is 25.7 Å². The molecule has 0 aliphatic carbocycles. The lowest BCUT2D eigenvalue weighted by Crippen LogP contribution is -2.42. The van der Waals surface area contributed by atoms with Gasteiger partial charge in [-0.1, -0.05) is 33.0 Å². The first kappa shape index (κ1) is 23.0. The van der Waals surface area contributed by atoms with Gasteiger partial charge in [-0.25, -0.2) is 9.97 Å². The number of nitrogens with two attached hydrogens (primary N) is 1. The van der Waals surface area contributed by atoms with E-state index in [2.05, 4.69) is 41.0 Å². The first-order valence-electron chi connectivity index (χ1n) is 11.8. The van der Waals surface area contributed by atoms with Gasteiger partial charge in [-0.3, -0.25) is 9.47 Å². The second kappa shape index (κ2) is 9.76. The highest BCUT2D eigenvalue weighted by Crippen LogP contribution is 2.35. The van der Waals surface area contributed by atoms with Gasteiger partial charge in [0, 0.05) is 32.3 Å².